The fourth-order valence-electron chi connectivity index (χ4n) is 2.93. The number of nitrogens with one attached hydrogen (secondary N) is 1. The molecular formula is C19H26BN3O4. The maximum absolute atomic E-state index is 12.1. The Morgan fingerprint density at radius 3 is 2.52 bits per heavy atom. The summed E-state index contributed by atoms with van der Waals surface area (Å²) < 4.78 is 19.0. The van der Waals surface area contributed by atoms with E-state index in [0.29, 0.717) is 18.0 Å². The minimum absolute atomic E-state index is 0.310. The van der Waals surface area contributed by atoms with Crippen LogP contribution >= 0.6 is 0 Å². The van der Waals surface area contributed by atoms with Crippen LogP contribution in [0.15, 0.2) is 30.5 Å². The Kier molecular flexibility index (Phi) is 5.05. The molecule has 0 spiro atoms. The van der Waals surface area contributed by atoms with Gasteiger partial charge in [-0.3, -0.25) is 0 Å². The van der Waals surface area contributed by atoms with Gasteiger partial charge in [0, 0.05) is 7.05 Å². The average Bonchev–Trinajstić information content (AvgIpc) is 3.13. The molecule has 2 heterocycles. The molecule has 0 amide bonds. The lowest BCUT2D eigenvalue weighted by Gasteiger charge is -2.32. The summed E-state index contributed by atoms with van der Waals surface area (Å²) in [6.07, 6.45) is 1.51. The van der Waals surface area contributed by atoms with Crippen molar-refractivity contribution in [2.75, 3.05) is 19.0 Å². The molecule has 1 aliphatic heterocycles. The number of ether oxygens (including phenoxy) is 1. The van der Waals surface area contributed by atoms with Gasteiger partial charge in [0.1, 0.15) is 11.4 Å². The van der Waals surface area contributed by atoms with Crippen LogP contribution in [0.4, 0.5) is 5.82 Å². The zero-order valence-corrected chi connectivity index (χ0v) is 16.7. The van der Waals surface area contributed by atoms with Gasteiger partial charge in [0.15, 0.2) is 0 Å². The van der Waals surface area contributed by atoms with E-state index in [-0.39, 0.29) is 0 Å². The fraction of sp³-hybridized carbons (Fsp3) is 0.474. The number of hydrogen-bond donors (Lipinski definition) is 1. The van der Waals surface area contributed by atoms with Crippen LogP contribution in [0, 0.1) is 0 Å². The van der Waals surface area contributed by atoms with Crippen molar-refractivity contribution in [2.24, 2.45) is 0 Å². The average molecular weight is 371 g/mol. The van der Waals surface area contributed by atoms with Crippen LogP contribution in [-0.2, 0) is 14.0 Å². The van der Waals surface area contributed by atoms with Crippen molar-refractivity contribution in [3.63, 3.8) is 0 Å². The molecule has 0 bridgehead atoms. The number of anilines is 1. The molecule has 0 saturated carbocycles. The summed E-state index contributed by atoms with van der Waals surface area (Å²) >= 11 is 0. The number of nitrogens with zero attached hydrogens (tertiary/aromatic N) is 2. The molecule has 27 heavy (non-hydrogen) atoms. The van der Waals surface area contributed by atoms with Gasteiger partial charge in [-0.05, 0) is 52.2 Å². The third-order valence-electron chi connectivity index (χ3n) is 5.14. The van der Waals surface area contributed by atoms with Crippen molar-refractivity contribution < 1.29 is 18.8 Å². The van der Waals surface area contributed by atoms with Crippen molar-refractivity contribution in [1.82, 2.24) is 9.78 Å². The monoisotopic (exact) mass is 371 g/mol. The summed E-state index contributed by atoms with van der Waals surface area (Å²) in [7, 11) is 1.28. The Morgan fingerprint density at radius 2 is 1.93 bits per heavy atom. The van der Waals surface area contributed by atoms with Gasteiger partial charge < -0.3 is 19.4 Å². The predicted molar refractivity (Wildman–Crippen MR) is 105 cm³/mol. The molecule has 1 aromatic carbocycles. The van der Waals surface area contributed by atoms with Gasteiger partial charge in [-0.2, -0.15) is 5.10 Å². The number of carbonyl (C=O) groups excluding carboxylic acids is 1. The molecule has 1 aromatic heterocycles. The van der Waals surface area contributed by atoms with Crippen LogP contribution in [0.25, 0.3) is 5.69 Å². The molecule has 0 aliphatic carbocycles. The van der Waals surface area contributed by atoms with E-state index in [1.807, 2.05) is 52.0 Å². The number of hydrogen-bond acceptors (Lipinski definition) is 6. The lowest BCUT2D eigenvalue weighted by molar-refractivity contribution is 0.00578. The van der Waals surface area contributed by atoms with E-state index in [1.165, 1.54) is 6.20 Å². The predicted octanol–water partition coefficient (Wildman–Crippen LogP) is 2.39. The molecule has 0 atom stereocenters. The van der Waals surface area contributed by atoms with E-state index >= 15 is 0 Å². The summed E-state index contributed by atoms with van der Waals surface area (Å²) in [5, 5.41) is 7.39. The molecule has 8 heteroatoms. The number of aromatic nitrogens is 2. The van der Waals surface area contributed by atoms with Crippen LogP contribution in [-0.4, -0.2) is 47.7 Å². The molecule has 7 nitrogen and oxygen atoms in total. The van der Waals surface area contributed by atoms with Gasteiger partial charge >= 0.3 is 13.1 Å². The number of benzene rings is 1. The Morgan fingerprint density at radius 1 is 1.26 bits per heavy atom. The summed E-state index contributed by atoms with van der Waals surface area (Å²) in [5.74, 6) is 0.162. The molecule has 3 rings (SSSR count). The van der Waals surface area contributed by atoms with E-state index in [1.54, 1.807) is 18.7 Å². The largest absolute Gasteiger partial charge is 0.494 e. The van der Waals surface area contributed by atoms with Gasteiger partial charge in [0.25, 0.3) is 0 Å². The van der Waals surface area contributed by atoms with Crippen molar-refractivity contribution in [1.29, 1.82) is 0 Å². The summed E-state index contributed by atoms with van der Waals surface area (Å²) in [4.78, 5) is 12.1. The summed E-state index contributed by atoms with van der Waals surface area (Å²) in [6, 6.07) is 7.74. The standard InChI is InChI=1S/C19H26BN3O4/c1-7-25-17(24)15-12-22-23(16(15)21-6)14-10-8-9-13(11-14)20-26-18(2,3)19(4,5)27-20/h8-12,21H,7H2,1-6H3. The molecule has 144 valence electrons. The topological polar surface area (TPSA) is 74.6 Å². The SMILES string of the molecule is CCOC(=O)c1cnn(-c2cccc(B3OC(C)(C)C(C)(C)O3)c2)c1NC. The van der Waals surface area contributed by atoms with Gasteiger partial charge in [-0.25, -0.2) is 9.48 Å². The maximum Gasteiger partial charge on any atom is 0.494 e. The van der Waals surface area contributed by atoms with Gasteiger partial charge in [-0.15, -0.1) is 0 Å². The van der Waals surface area contributed by atoms with Crippen molar-refractivity contribution in [3.8, 4) is 5.69 Å². The zero-order valence-electron chi connectivity index (χ0n) is 16.7. The van der Waals surface area contributed by atoms with Crippen LogP contribution in [0.3, 0.4) is 0 Å². The smallest absolute Gasteiger partial charge is 0.462 e. The molecule has 2 aromatic rings. The van der Waals surface area contributed by atoms with Crippen molar-refractivity contribution in [2.45, 2.75) is 45.8 Å². The highest BCUT2D eigenvalue weighted by molar-refractivity contribution is 6.62. The molecule has 1 N–H and O–H groups in total. The summed E-state index contributed by atoms with van der Waals surface area (Å²) in [6.45, 7) is 10.2. The first kappa shape index (κ1) is 19.4. The quantitative estimate of drug-likeness (QED) is 0.643. The second kappa shape index (κ2) is 7.01. The van der Waals surface area contributed by atoms with E-state index in [0.717, 1.165) is 11.2 Å². The van der Waals surface area contributed by atoms with E-state index < -0.39 is 24.3 Å². The van der Waals surface area contributed by atoms with Gasteiger partial charge in [0.05, 0.1) is 29.7 Å². The minimum Gasteiger partial charge on any atom is -0.462 e. The van der Waals surface area contributed by atoms with Crippen LogP contribution in [0.5, 0.6) is 0 Å². The Balaban J connectivity index is 1.94. The second-order valence-electron chi connectivity index (χ2n) is 7.47. The first-order valence-corrected chi connectivity index (χ1v) is 9.09. The van der Waals surface area contributed by atoms with Gasteiger partial charge in [0.2, 0.25) is 0 Å². The molecule has 1 fully saturated rings. The Labute approximate surface area is 160 Å². The van der Waals surface area contributed by atoms with Crippen molar-refractivity contribution >= 4 is 24.4 Å². The highest BCUT2D eigenvalue weighted by Crippen LogP contribution is 2.36. The minimum atomic E-state index is -0.465. The fourth-order valence-corrected chi connectivity index (χ4v) is 2.93. The lowest BCUT2D eigenvalue weighted by Crippen LogP contribution is -2.41. The van der Waals surface area contributed by atoms with E-state index in [2.05, 4.69) is 10.4 Å². The first-order chi connectivity index (χ1) is 12.7. The maximum atomic E-state index is 12.1. The highest BCUT2D eigenvalue weighted by atomic mass is 16.7. The van der Waals surface area contributed by atoms with Crippen LogP contribution in [0.2, 0.25) is 0 Å². The normalized spacial score (nSPS) is 17.8. The van der Waals surface area contributed by atoms with Crippen LogP contribution in [0.1, 0.15) is 45.0 Å². The van der Waals surface area contributed by atoms with Gasteiger partial charge in [-0.1, -0.05) is 12.1 Å². The molecular weight excluding hydrogens is 345 g/mol. The van der Waals surface area contributed by atoms with Crippen molar-refractivity contribution in [3.05, 3.63) is 36.0 Å². The molecule has 1 saturated heterocycles. The van der Waals surface area contributed by atoms with Crippen LogP contribution < -0.4 is 10.8 Å². The Hall–Kier alpha value is -2.32. The molecule has 0 unspecified atom stereocenters. The van der Waals surface area contributed by atoms with E-state index in [9.17, 15) is 4.79 Å². The molecule has 0 radical (unpaired) electrons. The molecule has 1 aliphatic rings. The van der Waals surface area contributed by atoms with E-state index in [4.69, 9.17) is 14.0 Å². The highest BCUT2D eigenvalue weighted by Gasteiger charge is 2.51. The first-order valence-electron chi connectivity index (χ1n) is 9.09. The number of carbonyl (C=O) groups is 1. The summed E-state index contributed by atoms with van der Waals surface area (Å²) in [5.41, 5.74) is 1.25. The third-order valence-corrected chi connectivity index (χ3v) is 5.14. The number of esters is 1. The third kappa shape index (κ3) is 3.47. The zero-order chi connectivity index (χ0) is 19.8. The second-order valence-corrected chi connectivity index (χ2v) is 7.47. The lowest BCUT2D eigenvalue weighted by atomic mass is 9.79. The number of rotatable bonds is 5. The Bertz CT molecular complexity index is 831.